The zero-order chi connectivity index (χ0) is 57.7. The van der Waals surface area contributed by atoms with Crippen LogP contribution in [-0.2, 0) is 52.7 Å². The zero-order valence-electron chi connectivity index (χ0n) is 47.0. The van der Waals surface area contributed by atoms with Crippen LogP contribution in [-0.4, -0.2) is 224 Å². The Labute approximate surface area is 468 Å². The third-order valence-corrected chi connectivity index (χ3v) is 17.1. The van der Waals surface area contributed by atoms with Gasteiger partial charge in [0.1, 0.15) is 60.4 Å². The molecule has 9 N–H and O–H groups in total. The van der Waals surface area contributed by atoms with Gasteiger partial charge in [0.2, 0.25) is 65.0 Å². The Morgan fingerprint density at radius 3 is 1.46 bits per heavy atom. The molecule has 24 nitrogen and oxygen atoms in total. The lowest BCUT2D eigenvalue weighted by Gasteiger charge is -2.36. The summed E-state index contributed by atoms with van der Waals surface area (Å²) in [5.41, 5.74) is 11.2. The predicted octanol–water partition coefficient (Wildman–Crippen LogP) is -0.924. The average molecular weight is 1130 g/mol. The van der Waals surface area contributed by atoms with E-state index in [-0.39, 0.29) is 69.6 Å². The van der Waals surface area contributed by atoms with E-state index in [9.17, 15) is 57.8 Å². The molecule has 11 atom stereocenters. The molecule has 6 fully saturated rings. The number of amides is 11. The number of thioether (sulfide) groups is 1. The normalized spacial score (nSPS) is 25.0. The van der Waals surface area contributed by atoms with Crippen molar-refractivity contribution in [2.75, 3.05) is 57.8 Å². The molecule has 442 valence electrons. The van der Waals surface area contributed by atoms with E-state index in [1.54, 1.807) is 6.92 Å². The second-order valence-electron chi connectivity index (χ2n) is 22.7. The van der Waals surface area contributed by atoms with Gasteiger partial charge in [0.15, 0.2) is 0 Å². The van der Waals surface area contributed by atoms with Crippen molar-refractivity contribution in [1.82, 2.24) is 50.7 Å². The van der Waals surface area contributed by atoms with Crippen molar-refractivity contribution in [3.05, 3.63) is 0 Å². The predicted molar refractivity (Wildman–Crippen MR) is 293 cm³/mol. The lowest BCUT2D eigenvalue weighted by molar-refractivity contribution is -0.151. The number of primary amides is 1. The third-order valence-electron chi connectivity index (χ3n) is 16.5. The summed E-state index contributed by atoms with van der Waals surface area (Å²) in [4.78, 5) is 161. The molecule has 6 rings (SSSR count). The molecule has 6 saturated heterocycles. The summed E-state index contributed by atoms with van der Waals surface area (Å²) in [6.07, 6.45) is 8.59. The van der Waals surface area contributed by atoms with E-state index in [0.29, 0.717) is 102 Å². The van der Waals surface area contributed by atoms with Crippen LogP contribution in [0.15, 0.2) is 0 Å². The quantitative estimate of drug-likeness (QED) is 0.0544. The average Bonchev–Trinajstić information content (AvgIpc) is 4.33. The molecule has 0 aliphatic carbocycles. The molecule has 0 aromatic rings. The molecule has 11 amide bonds. The van der Waals surface area contributed by atoms with E-state index >= 15 is 0 Å². The highest BCUT2D eigenvalue weighted by molar-refractivity contribution is 7.98. The highest BCUT2D eigenvalue weighted by Gasteiger charge is 2.49. The Hall–Kier alpha value is -5.56. The van der Waals surface area contributed by atoms with Crippen LogP contribution < -0.4 is 32.7 Å². The third kappa shape index (κ3) is 15.5. The van der Waals surface area contributed by atoms with Gasteiger partial charge < -0.3 is 67.2 Å². The van der Waals surface area contributed by atoms with Crippen LogP contribution in [0.25, 0.3) is 0 Å². The standard InChI is InChI=1S/C54H88N12O12S/c1-32(2)31-36(51(75)65-28-13-18-40(65)52(76)61-24-9-15-37(61)45(56)69)59-46(70)38-16-11-26-63(38)53(77)42-20-14-29-66(42)54(78)41-19-12-27-64(41)50(74)35(22-30-79-5)58-48(72)44(34(4)67)60-47(71)39-17-10-25-62(39)49(73)33(3)57-43(68)21-7-6-8-23-55/h32-42,44,67H,6-31,55H2,1-5H3,(H2,56,69)(H,57,68)(H,58,72)(H,59,70)(H,60,71)/t33-,34+,35-,36-,37-,38-,39-,40-,41-,42-,44-/m0/s1. The smallest absolute Gasteiger partial charge is 0.246 e. The van der Waals surface area contributed by atoms with Gasteiger partial charge >= 0.3 is 0 Å². The first-order valence-electron chi connectivity index (χ1n) is 28.9. The Morgan fingerprint density at radius 1 is 0.532 bits per heavy atom. The van der Waals surface area contributed by atoms with E-state index in [0.717, 1.165) is 12.8 Å². The lowest BCUT2D eigenvalue weighted by atomic mass is 10.0. The zero-order valence-corrected chi connectivity index (χ0v) is 47.8. The van der Waals surface area contributed by atoms with Crippen molar-refractivity contribution >= 4 is 76.7 Å². The van der Waals surface area contributed by atoms with Crippen molar-refractivity contribution in [3.8, 4) is 0 Å². The minimum atomic E-state index is -1.52. The van der Waals surface area contributed by atoms with Crippen molar-refractivity contribution in [1.29, 1.82) is 0 Å². The monoisotopic (exact) mass is 1130 g/mol. The van der Waals surface area contributed by atoms with E-state index in [2.05, 4.69) is 21.3 Å². The first kappa shape index (κ1) is 62.6. The number of unbranched alkanes of at least 4 members (excludes halogenated alkanes) is 2. The van der Waals surface area contributed by atoms with Crippen LogP contribution in [0, 0.1) is 5.92 Å². The van der Waals surface area contributed by atoms with Crippen LogP contribution in [0.4, 0.5) is 0 Å². The number of hydrogen-bond acceptors (Lipinski definition) is 14. The maximum absolute atomic E-state index is 14.7. The summed E-state index contributed by atoms with van der Waals surface area (Å²) < 4.78 is 0. The largest absolute Gasteiger partial charge is 0.391 e. The summed E-state index contributed by atoms with van der Waals surface area (Å²) in [6.45, 7) is 8.86. The first-order chi connectivity index (χ1) is 37.7. The Balaban J connectivity index is 1.08. The molecule has 6 aliphatic heterocycles. The molecule has 0 radical (unpaired) electrons. The maximum Gasteiger partial charge on any atom is 0.246 e. The molecule has 25 heteroatoms. The molecule has 0 saturated carbocycles. The Morgan fingerprint density at radius 2 is 0.962 bits per heavy atom. The molecule has 79 heavy (non-hydrogen) atoms. The number of likely N-dealkylation sites (tertiary alicyclic amines) is 6. The van der Waals surface area contributed by atoms with Crippen LogP contribution in [0.1, 0.15) is 143 Å². The fourth-order valence-corrected chi connectivity index (χ4v) is 12.8. The number of carbonyl (C=O) groups is 11. The number of nitrogens with two attached hydrogens (primary N) is 2. The fraction of sp³-hybridized carbons (Fsp3) is 0.796. The second kappa shape index (κ2) is 29.2. The minimum Gasteiger partial charge on any atom is -0.391 e. The Kier molecular flexibility index (Phi) is 23.2. The number of carbonyl (C=O) groups excluding carboxylic acids is 11. The molecule has 0 aromatic carbocycles. The molecular formula is C54H88N12O12S. The van der Waals surface area contributed by atoms with Crippen LogP contribution in [0.5, 0.6) is 0 Å². The van der Waals surface area contributed by atoms with E-state index in [4.69, 9.17) is 11.5 Å². The topological polar surface area (TPSA) is 328 Å². The molecule has 0 aromatic heterocycles. The van der Waals surface area contributed by atoms with Crippen LogP contribution >= 0.6 is 11.8 Å². The van der Waals surface area contributed by atoms with Crippen molar-refractivity contribution < 1.29 is 57.8 Å². The van der Waals surface area contributed by atoms with Gasteiger partial charge in [0.25, 0.3) is 0 Å². The molecule has 6 heterocycles. The summed E-state index contributed by atoms with van der Waals surface area (Å²) in [6, 6.07) is -9.85. The van der Waals surface area contributed by atoms with Gasteiger partial charge in [0.05, 0.1) is 6.10 Å². The molecular weight excluding hydrogens is 1040 g/mol. The van der Waals surface area contributed by atoms with E-state index in [1.165, 1.54) is 48.1 Å². The van der Waals surface area contributed by atoms with Crippen LogP contribution in [0.2, 0.25) is 0 Å². The van der Waals surface area contributed by atoms with Gasteiger partial charge in [-0.2, -0.15) is 11.8 Å². The van der Waals surface area contributed by atoms with Gasteiger partial charge in [-0.15, -0.1) is 0 Å². The fourth-order valence-electron chi connectivity index (χ4n) is 12.4. The van der Waals surface area contributed by atoms with Gasteiger partial charge in [-0.1, -0.05) is 20.3 Å². The summed E-state index contributed by atoms with van der Waals surface area (Å²) in [5, 5.41) is 21.9. The van der Waals surface area contributed by atoms with Crippen molar-refractivity contribution in [2.24, 2.45) is 17.4 Å². The highest BCUT2D eigenvalue weighted by atomic mass is 32.2. The summed E-state index contributed by atoms with van der Waals surface area (Å²) in [7, 11) is 0. The number of nitrogens with zero attached hydrogens (tertiary/aromatic N) is 6. The number of hydrogen-bond donors (Lipinski definition) is 7. The number of rotatable bonds is 25. The van der Waals surface area contributed by atoms with Gasteiger partial charge in [0, 0.05) is 45.7 Å². The van der Waals surface area contributed by atoms with Gasteiger partial charge in [-0.25, -0.2) is 0 Å². The summed E-state index contributed by atoms with van der Waals surface area (Å²) in [5.74, 6) is -5.04. The number of aliphatic hydroxyl groups excluding tert-OH is 1. The minimum absolute atomic E-state index is 0.0241. The molecule has 0 unspecified atom stereocenters. The molecule has 0 bridgehead atoms. The van der Waals surface area contributed by atoms with Crippen LogP contribution in [0.3, 0.4) is 0 Å². The Bertz CT molecular complexity index is 2240. The SMILES string of the molecule is CSCC[C@H](NC(=O)[C@@H](NC(=O)[C@@H]1CCCN1C(=O)[C@H](C)NC(=O)CCCCCN)[C@@H](C)O)C(=O)N1CCC[C@H]1C(=O)N1CCC[C@H]1C(=O)N1CCC[C@H]1C(=O)N[C@@H](CC(C)C)C(=O)N1CCC[C@H]1C(=O)N1CCC[C@H]1C(N)=O. The summed E-state index contributed by atoms with van der Waals surface area (Å²) >= 11 is 1.44. The van der Waals surface area contributed by atoms with Gasteiger partial charge in [-0.3, -0.25) is 52.7 Å². The number of nitrogens with one attached hydrogen (secondary N) is 4. The maximum atomic E-state index is 14.7. The molecule has 0 spiro atoms. The van der Waals surface area contributed by atoms with Gasteiger partial charge in [-0.05, 0) is 141 Å². The highest BCUT2D eigenvalue weighted by Crippen LogP contribution is 2.31. The van der Waals surface area contributed by atoms with Crippen molar-refractivity contribution in [2.45, 2.75) is 210 Å². The van der Waals surface area contributed by atoms with E-state index < -0.39 is 120 Å². The first-order valence-corrected chi connectivity index (χ1v) is 30.3. The van der Waals surface area contributed by atoms with Crippen molar-refractivity contribution in [3.63, 3.8) is 0 Å². The lowest BCUT2D eigenvalue weighted by Crippen LogP contribution is -2.61. The second-order valence-corrected chi connectivity index (χ2v) is 23.7. The van der Waals surface area contributed by atoms with E-state index in [1.807, 2.05) is 20.1 Å². The number of aliphatic hydroxyl groups is 1. The molecule has 6 aliphatic rings.